The molecule has 0 bridgehead atoms. The van der Waals surface area contributed by atoms with Crippen molar-refractivity contribution >= 4 is 23.5 Å². The van der Waals surface area contributed by atoms with Crippen molar-refractivity contribution in [1.82, 2.24) is 5.32 Å². The second-order valence-electron chi connectivity index (χ2n) is 5.30. The third-order valence-electron chi connectivity index (χ3n) is 3.75. The van der Waals surface area contributed by atoms with Crippen LogP contribution in [0.15, 0.2) is 18.2 Å². The summed E-state index contributed by atoms with van der Waals surface area (Å²) in [7, 11) is 2.50. The predicted molar refractivity (Wildman–Crippen MR) is 83.3 cm³/mol. The van der Waals surface area contributed by atoms with Gasteiger partial charge in [0.05, 0.1) is 25.3 Å². The first-order chi connectivity index (χ1) is 11.0. The normalized spacial score (nSPS) is 14.9. The minimum Gasteiger partial charge on any atom is -0.465 e. The van der Waals surface area contributed by atoms with Crippen molar-refractivity contribution in [2.75, 3.05) is 32.6 Å². The summed E-state index contributed by atoms with van der Waals surface area (Å²) in [6.07, 6.45) is 1.51. The van der Waals surface area contributed by atoms with Crippen LogP contribution in [0.2, 0.25) is 0 Å². The minimum atomic E-state index is -0.590. The SMILES string of the molecule is COC(=O)c1cc(NC(=O)C2CCNCC2)cc(C(=O)OC)c1. The Morgan fingerprint density at radius 2 is 1.52 bits per heavy atom. The molecule has 1 amide bonds. The molecule has 0 aliphatic carbocycles. The molecule has 1 heterocycles. The molecular weight excluding hydrogens is 300 g/mol. The number of hydrogen-bond donors (Lipinski definition) is 2. The molecule has 0 radical (unpaired) electrons. The molecule has 1 aliphatic heterocycles. The molecule has 7 heteroatoms. The topological polar surface area (TPSA) is 93.7 Å². The summed E-state index contributed by atoms with van der Waals surface area (Å²) in [6, 6.07) is 4.34. The van der Waals surface area contributed by atoms with Gasteiger partial charge in [-0.25, -0.2) is 9.59 Å². The standard InChI is InChI=1S/C16H20N2O5/c1-22-15(20)11-7-12(16(21)23-2)9-13(8-11)18-14(19)10-3-5-17-6-4-10/h7-10,17H,3-6H2,1-2H3,(H,18,19). The van der Waals surface area contributed by atoms with Gasteiger partial charge in [0.15, 0.2) is 0 Å². The van der Waals surface area contributed by atoms with Gasteiger partial charge in [-0.2, -0.15) is 0 Å². The summed E-state index contributed by atoms with van der Waals surface area (Å²) in [5.41, 5.74) is 0.726. The van der Waals surface area contributed by atoms with Gasteiger partial charge in [-0.3, -0.25) is 4.79 Å². The number of amides is 1. The molecule has 1 aromatic carbocycles. The average Bonchev–Trinajstić information content (AvgIpc) is 2.60. The van der Waals surface area contributed by atoms with E-state index < -0.39 is 11.9 Å². The Hall–Kier alpha value is -2.41. The molecule has 2 N–H and O–H groups in total. The largest absolute Gasteiger partial charge is 0.465 e. The van der Waals surface area contributed by atoms with Crippen molar-refractivity contribution < 1.29 is 23.9 Å². The molecule has 1 aromatic rings. The lowest BCUT2D eigenvalue weighted by molar-refractivity contribution is -0.120. The van der Waals surface area contributed by atoms with Crippen LogP contribution in [0, 0.1) is 5.92 Å². The number of nitrogens with one attached hydrogen (secondary N) is 2. The van der Waals surface area contributed by atoms with Crippen molar-refractivity contribution in [1.29, 1.82) is 0 Å². The zero-order chi connectivity index (χ0) is 16.8. The highest BCUT2D eigenvalue weighted by atomic mass is 16.5. The van der Waals surface area contributed by atoms with Crippen molar-refractivity contribution in [3.05, 3.63) is 29.3 Å². The van der Waals surface area contributed by atoms with Crippen LogP contribution in [0.4, 0.5) is 5.69 Å². The average molecular weight is 320 g/mol. The molecule has 1 aliphatic rings. The number of rotatable bonds is 4. The van der Waals surface area contributed by atoms with E-state index in [4.69, 9.17) is 0 Å². The van der Waals surface area contributed by atoms with E-state index in [0.29, 0.717) is 5.69 Å². The first kappa shape index (κ1) is 17.0. The number of methoxy groups -OCH3 is 2. The number of carbonyl (C=O) groups is 3. The van der Waals surface area contributed by atoms with Crippen molar-refractivity contribution in [2.24, 2.45) is 5.92 Å². The second kappa shape index (κ2) is 7.73. The highest BCUT2D eigenvalue weighted by Crippen LogP contribution is 2.20. The Morgan fingerprint density at radius 1 is 1.00 bits per heavy atom. The Kier molecular flexibility index (Phi) is 5.70. The summed E-state index contributed by atoms with van der Waals surface area (Å²) in [4.78, 5) is 35.7. The molecule has 7 nitrogen and oxygen atoms in total. The molecule has 0 spiro atoms. The monoisotopic (exact) mass is 320 g/mol. The molecule has 2 rings (SSSR count). The first-order valence-electron chi connectivity index (χ1n) is 7.38. The van der Waals surface area contributed by atoms with Crippen molar-refractivity contribution in [2.45, 2.75) is 12.8 Å². The number of benzene rings is 1. The maximum atomic E-state index is 12.3. The number of ether oxygens (including phenoxy) is 2. The van der Waals surface area contributed by atoms with Gasteiger partial charge < -0.3 is 20.1 Å². The smallest absolute Gasteiger partial charge is 0.337 e. The summed E-state index contributed by atoms with van der Waals surface area (Å²) in [5, 5.41) is 5.96. The molecule has 1 fully saturated rings. The second-order valence-corrected chi connectivity index (χ2v) is 5.30. The summed E-state index contributed by atoms with van der Waals surface area (Å²) < 4.78 is 9.34. The summed E-state index contributed by atoms with van der Waals surface area (Å²) in [5.74, 6) is -1.38. The maximum absolute atomic E-state index is 12.3. The molecule has 23 heavy (non-hydrogen) atoms. The maximum Gasteiger partial charge on any atom is 0.337 e. The highest BCUT2D eigenvalue weighted by molar-refractivity contribution is 5.99. The van der Waals surface area contributed by atoms with Crippen LogP contribution in [0.5, 0.6) is 0 Å². The van der Waals surface area contributed by atoms with Crippen LogP contribution in [-0.4, -0.2) is 45.2 Å². The molecule has 0 aromatic heterocycles. The number of carbonyl (C=O) groups excluding carboxylic acids is 3. The zero-order valence-corrected chi connectivity index (χ0v) is 13.2. The zero-order valence-electron chi connectivity index (χ0n) is 13.2. The van der Waals surface area contributed by atoms with Gasteiger partial charge in [0, 0.05) is 11.6 Å². The highest BCUT2D eigenvalue weighted by Gasteiger charge is 2.22. The minimum absolute atomic E-state index is 0.0837. The fourth-order valence-electron chi connectivity index (χ4n) is 2.50. The van der Waals surface area contributed by atoms with Crippen molar-refractivity contribution in [3.8, 4) is 0 Å². The molecule has 0 saturated carbocycles. The summed E-state index contributed by atoms with van der Waals surface area (Å²) >= 11 is 0. The van der Waals surface area contributed by atoms with Crippen LogP contribution in [0.1, 0.15) is 33.6 Å². The number of anilines is 1. The van der Waals surface area contributed by atoms with Crippen LogP contribution < -0.4 is 10.6 Å². The Balaban J connectivity index is 2.23. The summed E-state index contributed by atoms with van der Waals surface area (Å²) in [6.45, 7) is 1.60. The van der Waals surface area contributed by atoms with E-state index in [0.717, 1.165) is 25.9 Å². The van der Waals surface area contributed by atoms with E-state index in [1.165, 1.54) is 32.4 Å². The van der Waals surface area contributed by atoms with Gasteiger partial charge in [0.1, 0.15) is 0 Å². The van der Waals surface area contributed by atoms with E-state index in [-0.39, 0.29) is 23.0 Å². The quantitative estimate of drug-likeness (QED) is 0.810. The van der Waals surface area contributed by atoms with E-state index in [1.54, 1.807) is 0 Å². The van der Waals surface area contributed by atoms with Gasteiger partial charge in [-0.1, -0.05) is 0 Å². The fraction of sp³-hybridized carbons (Fsp3) is 0.438. The lowest BCUT2D eigenvalue weighted by Crippen LogP contribution is -2.34. The molecule has 0 unspecified atom stereocenters. The van der Waals surface area contributed by atoms with Crippen LogP contribution in [0.3, 0.4) is 0 Å². The molecule has 0 atom stereocenters. The van der Waals surface area contributed by atoms with Crippen molar-refractivity contribution in [3.63, 3.8) is 0 Å². The Labute approximate surface area is 134 Å². The lowest BCUT2D eigenvalue weighted by Gasteiger charge is -2.22. The number of esters is 2. The lowest BCUT2D eigenvalue weighted by atomic mass is 9.97. The van der Waals surface area contributed by atoms with E-state index >= 15 is 0 Å². The van der Waals surface area contributed by atoms with E-state index in [2.05, 4.69) is 20.1 Å². The van der Waals surface area contributed by atoms with E-state index in [9.17, 15) is 14.4 Å². The van der Waals surface area contributed by atoms with Crippen LogP contribution >= 0.6 is 0 Å². The van der Waals surface area contributed by atoms with Gasteiger partial charge in [0.2, 0.25) is 5.91 Å². The number of piperidine rings is 1. The first-order valence-corrected chi connectivity index (χ1v) is 7.38. The van der Waals surface area contributed by atoms with Gasteiger partial charge in [-0.05, 0) is 44.1 Å². The van der Waals surface area contributed by atoms with Crippen LogP contribution in [-0.2, 0) is 14.3 Å². The third kappa shape index (κ3) is 4.29. The van der Waals surface area contributed by atoms with Gasteiger partial charge in [0.25, 0.3) is 0 Å². The Bertz CT molecular complexity index is 574. The van der Waals surface area contributed by atoms with Gasteiger partial charge >= 0.3 is 11.9 Å². The predicted octanol–water partition coefficient (Wildman–Crippen LogP) is 1.20. The van der Waals surface area contributed by atoms with Gasteiger partial charge in [-0.15, -0.1) is 0 Å². The molecule has 1 saturated heterocycles. The van der Waals surface area contributed by atoms with Crippen LogP contribution in [0.25, 0.3) is 0 Å². The third-order valence-corrected chi connectivity index (χ3v) is 3.75. The molecular formula is C16H20N2O5. The Morgan fingerprint density at radius 3 is 2.00 bits per heavy atom. The molecule has 124 valence electrons. The van der Waals surface area contributed by atoms with E-state index in [1.807, 2.05) is 0 Å². The fourth-order valence-corrected chi connectivity index (χ4v) is 2.50. The number of hydrogen-bond acceptors (Lipinski definition) is 6.